The second-order valence-electron chi connectivity index (χ2n) is 4.56. The average molecular weight is 382 g/mol. The summed E-state index contributed by atoms with van der Waals surface area (Å²) in [6.45, 7) is 11.5. The Labute approximate surface area is 158 Å². The van der Waals surface area contributed by atoms with E-state index in [1.807, 2.05) is 18.7 Å². The lowest BCUT2D eigenvalue weighted by atomic mass is 10.4. The van der Waals surface area contributed by atoms with Gasteiger partial charge in [0.1, 0.15) is 19.8 Å². The SMILES string of the molecule is CC.CCC(=O)OCCN(CCOC(=O)CC)CCOC(=O)CC.S. The molecule has 7 nitrogen and oxygen atoms in total. The van der Waals surface area contributed by atoms with Gasteiger partial charge in [-0.3, -0.25) is 19.3 Å². The number of carbonyl (C=O) groups excluding carboxylic acids is 3. The maximum atomic E-state index is 11.1. The van der Waals surface area contributed by atoms with Gasteiger partial charge >= 0.3 is 17.9 Å². The van der Waals surface area contributed by atoms with Gasteiger partial charge in [-0.2, -0.15) is 13.5 Å². The number of esters is 3. The van der Waals surface area contributed by atoms with Crippen LogP contribution in [0.25, 0.3) is 0 Å². The fourth-order valence-electron chi connectivity index (χ4n) is 1.51. The minimum absolute atomic E-state index is 0. The molecule has 0 aromatic rings. The highest BCUT2D eigenvalue weighted by Crippen LogP contribution is 1.95. The Kier molecular flexibility index (Phi) is 23.7. The summed E-state index contributed by atoms with van der Waals surface area (Å²) in [6.07, 6.45) is 1.01. The predicted molar refractivity (Wildman–Crippen MR) is 102 cm³/mol. The molecule has 0 rings (SSSR count). The Morgan fingerprint density at radius 2 is 0.880 bits per heavy atom. The van der Waals surface area contributed by atoms with Gasteiger partial charge in [0.05, 0.1) is 0 Å². The molecule has 8 heteroatoms. The summed E-state index contributed by atoms with van der Waals surface area (Å²) in [5.74, 6) is -0.765. The maximum Gasteiger partial charge on any atom is 0.305 e. The molecule has 0 aliphatic heterocycles. The second kappa shape index (κ2) is 20.8. The Morgan fingerprint density at radius 3 is 1.08 bits per heavy atom. The van der Waals surface area contributed by atoms with E-state index < -0.39 is 0 Å². The Bertz CT molecular complexity index is 300. The quantitative estimate of drug-likeness (QED) is 0.379. The molecule has 0 aromatic carbocycles. The van der Waals surface area contributed by atoms with E-state index in [2.05, 4.69) is 0 Å². The first kappa shape index (κ1) is 28.5. The number of ether oxygens (including phenoxy) is 3. The van der Waals surface area contributed by atoms with Crippen LogP contribution in [0.4, 0.5) is 0 Å². The lowest BCUT2D eigenvalue weighted by molar-refractivity contribution is -0.144. The van der Waals surface area contributed by atoms with E-state index in [1.54, 1.807) is 20.8 Å². The van der Waals surface area contributed by atoms with Crippen molar-refractivity contribution >= 4 is 31.4 Å². The first-order valence-electron chi connectivity index (χ1n) is 8.72. The van der Waals surface area contributed by atoms with Gasteiger partial charge in [0.15, 0.2) is 0 Å². The molecule has 0 saturated carbocycles. The molecule has 0 spiro atoms. The zero-order valence-electron chi connectivity index (χ0n) is 16.3. The molecule has 0 heterocycles. The van der Waals surface area contributed by atoms with E-state index in [9.17, 15) is 14.4 Å². The van der Waals surface area contributed by atoms with Crippen LogP contribution in [0.2, 0.25) is 0 Å². The molecule has 0 bridgehead atoms. The zero-order chi connectivity index (χ0) is 18.8. The van der Waals surface area contributed by atoms with Crippen LogP contribution in [0.1, 0.15) is 53.9 Å². The minimum atomic E-state index is -0.255. The van der Waals surface area contributed by atoms with Crippen molar-refractivity contribution in [2.24, 2.45) is 0 Å². The average Bonchev–Trinajstić information content (AvgIpc) is 2.62. The lowest BCUT2D eigenvalue weighted by Crippen LogP contribution is -2.35. The molecular weight excluding hydrogens is 346 g/mol. The van der Waals surface area contributed by atoms with Crippen LogP contribution in [-0.2, 0) is 28.6 Å². The van der Waals surface area contributed by atoms with E-state index in [0.717, 1.165) is 0 Å². The summed E-state index contributed by atoms with van der Waals surface area (Å²) in [5, 5.41) is 0. The van der Waals surface area contributed by atoms with E-state index in [0.29, 0.717) is 38.9 Å². The van der Waals surface area contributed by atoms with E-state index in [4.69, 9.17) is 14.2 Å². The summed E-state index contributed by atoms with van der Waals surface area (Å²) in [4.78, 5) is 35.2. The van der Waals surface area contributed by atoms with E-state index in [1.165, 1.54) is 0 Å². The predicted octanol–water partition coefficient (Wildman–Crippen LogP) is 2.29. The maximum absolute atomic E-state index is 11.1. The number of nitrogens with zero attached hydrogens (tertiary/aromatic N) is 1. The van der Waals surface area contributed by atoms with Crippen molar-refractivity contribution in [2.45, 2.75) is 53.9 Å². The summed E-state index contributed by atoms with van der Waals surface area (Å²) < 4.78 is 15.1. The number of carbonyl (C=O) groups is 3. The Balaban J connectivity index is -0.00000155. The Hall–Kier alpha value is -1.28. The Morgan fingerprint density at radius 1 is 0.640 bits per heavy atom. The van der Waals surface area contributed by atoms with Gasteiger partial charge in [-0.1, -0.05) is 34.6 Å². The van der Waals surface area contributed by atoms with Crippen molar-refractivity contribution in [3.05, 3.63) is 0 Å². The van der Waals surface area contributed by atoms with E-state index >= 15 is 0 Å². The molecule has 0 atom stereocenters. The van der Waals surface area contributed by atoms with Gasteiger partial charge in [0.2, 0.25) is 0 Å². The van der Waals surface area contributed by atoms with Crippen LogP contribution >= 0.6 is 13.5 Å². The first-order chi connectivity index (χ1) is 11.5. The minimum Gasteiger partial charge on any atom is -0.464 e. The fourth-order valence-corrected chi connectivity index (χ4v) is 1.51. The van der Waals surface area contributed by atoms with Crippen LogP contribution in [0, 0.1) is 0 Å². The van der Waals surface area contributed by atoms with Gasteiger partial charge in [-0.25, -0.2) is 0 Å². The van der Waals surface area contributed by atoms with Crippen molar-refractivity contribution in [2.75, 3.05) is 39.5 Å². The van der Waals surface area contributed by atoms with Crippen molar-refractivity contribution < 1.29 is 28.6 Å². The lowest BCUT2D eigenvalue weighted by Gasteiger charge is -2.21. The summed E-state index contributed by atoms with van der Waals surface area (Å²) in [6, 6.07) is 0. The zero-order valence-corrected chi connectivity index (χ0v) is 17.3. The van der Waals surface area contributed by atoms with Gasteiger partial charge in [0.25, 0.3) is 0 Å². The highest BCUT2D eigenvalue weighted by atomic mass is 32.1. The van der Waals surface area contributed by atoms with Crippen LogP contribution in [0.5, 0.6) is 0 Å². The molecule has 0 aliphatic rings. The first-order valence-corrected chi connectivity index (χ1v) is 8.72. The molecule has 0 aliphatic carbocycles. The van der Waals surface area contributed by atoms with Gasteiger partial charge in [0, 0.05) is 38.9 Å². The fraction of sp³-hybridized carbons (Fsp3) is 0.824. The standard InChI is InChI=1S/C15H27NO6.C2H6.H2S/c1-4-13(17)20-10-7-16(8-11-21-14(18)5-2)9-12-22-15(19)6-3;1-2;/h4-12H2,1-3H3;1-2H3;1H2. The van der Waals surface area contributed by atoms with Crippen molar-refractivity contribution in [1.82, 2.24) is 4.90 Å². The van der Waals surface area contributed by atoms with Crippen LogP contribution < -0.4 is 0 Å². The molecule has 0 aromatic heterocycles. The topological polar surface area (TPSA) is 82.1 Å². The normalized spacial score (nSPS) is 9.36. The third kappa shape index (κ3) is 18.9. The van der Waals surface area contributed by atoms with Gasteiger partial charge < -0.3 is 14.2 Å². The number of hydrogen-bond acceptors (Lipinski definition) is 7. The summed E-state index contributed by atoms with van der Waals surface area (Å²) in [5.41, 5.74) is 0. The molecule has 25 heavy (non-hydrogen) atoms. The molecule has 0 saturated heterocycles. The molecule has 0 N–H and O–H groups in total. The summed E-state index contributed by atoms with van der Waals surface area (Å²) in [7, 11) is 0. The van der Waals surface area contributed by atoms with Gasteiger partial charge in [-0.05, 0) is 0 Å². The molecule has 150 valence electrons. The number of hydrogen-bond donors (Lipinski definition) is 0. The molecule has 0 amide bonds. The highest BCUT2D eigenvalue weighted by Gasteiger charge is 2.09. The monoisotopic (exact) mass is 381 g/mol. The van der Waals surface area contributed by atoms with E-state index in [-0.39, 0.29) is 51.2 Å². The van der Waals surface area contributed by atoms with Crippen LogP contribution in [0.15, 0.2) is 0 Å². The highest BCUT2D eigenvalue weighted by molar-refractivity contribution is 7.59. The smallest absolute Gasteiger partial charge is 0.305 e. The third-order valence-electron chi connectivity index (χ3n) is 2.88. The molecule has 0 radical (unpaired) electrons. The van der Waals surface area contributed by atoms with Crippen molar-refractivity contribution in [1.29, 1.82) is 0 Å². The molecular formula is C17H35NO6S. The number of rotatable bonds is 12. The largest absolute Gasteiger partial charge is 0.464 e. The summed E-state index contributed by atoms with van der Waals surface area (Å²) >= 11 is 0. The van der Waals surface area contributed by atoms with Gasteiger partial charge in [-0.15, -0.1) is 0 Å². The second-order valence-corrected chi connectivity index (χ2v) is 4.56. The van der Waals surface area contributed by atoms with Crippen LogP contribution in [-0.4, -0.2) is 62.3 Å². The van der Waals surface area contributed by atoms with Crippen molar-refractivity contribution in [3.8, 4) is 0 Å². The van der Waals surface area contributed by atoms with Crippen LogP contribution in [0.3, 0.4) is 0 Å². The van der Waals surface area contributed by atoms with Crippen molar-refractivity contribution in [3.63, 3.8) is 0 Å². The third-order valence-corrected chi connectivity index (χ3v) is 2.88. The molecule has 0 unspecified atom stereocenters. The molecule has 0 fully saturated rings.